The molecule has 1 heterocycles. The van der Waals surface area contributed by atoms with E-state index in [4.69, 9.17) is 10.6 Å². The maximum atomic E-state index is 6.17. The molecule has 1 saturated carbocycles. The molecule has 1 aliphatic carbocycles. The smallest absolute Gasteiger partial charge is 0.0934 e. The first-order chi connectivity index (χ1) is 9.77. The van der Waals surface area contributed by atoms with Gasteiger partial charge in [-0.3, -0.25) is 5.84 Å². The Labute approximate surface area is 121 Å². The Bertz CT molecular complexity index is 395. The van der Waals surface area contributed by atoms with Gasteiger partial charge in [-0.1, -0.05) is 31.4 Å². The monoisotopic (exact) mass is 281 g/mol. The highest BCUT2D eigenvalue weighted by Gasteiger charge is 2.42. The van der Waals surface area contributed by atoms with Gasteiger partial charge in [0.1, 0.15) is 0 Å². The van der Waals surface area contributed by atoms with Crippen LogP contribution in [0.2, 0.25) is 0 Å². The zero-order chi connectivity index (χ0) is 14.4. The van der Waals surface area contributed by atoms with E-state index in [1.54, 1.807) is 0 Å². The highest BCUT2D eigenvalue weighted by atomic mass is 16.5. The molecule has 114 valence electrons. The Morgan fingerprint density at radius 1 is 1.40 bits per heavy atom. The van der Waals surface area contributed by atoms with E-state index >= 15 is 0 Å². The highest BCUT2D eigenvalue weighted by Crippen LogP contribution is 2.41. The summed E-state index contributed by atoms with van der Waals surface area (Å²) in [5.41, 5.74) is 3.78. The minimum absolute atomic E-state index is 0.0516. The lowest BCUT2D eigenvalue weighted by Crippen LogP contribution is -2.50. The molecule has 6 heteroatoms. The minimum Gasteiger partial charge on any atom is -0.373 e. The molecule has 0 amide bonds. The van der Waals surface area contributed by atoms with Gasteiger partial charge in [0.2, 0.25) is 0 Å². The second-order valence-electron chi connectivity index (χ2n) is 5.54. The van der Waals surface area contributed by atoms with Gasteiger partial charge in [0.05, 0.1) is 23.5 Å². The lowest BCUT2D eigenvalue weighted by Gasteiger charge is -2.42. The first kappa shape index (κ1) is 15.4. The fourth-order valence-corrected chi connectivity index (χ4v) is 3.34. The molecular formula is C14H27N5O. The van der Waals surface area contributed by atoms with Gasteiger partial charge in [0.15, 0.2) is 0 Å². The van der Waals surface area contributed by atoms with E-state index in [9.17, 15) is 0 Å². The zero-order valence-corrected chi connectivity index (χ0v) is 12.6. The Hall–Kier alpha value is -0.980. The van der Waals surface area contributed by atoms with Gasteiger partial charge in [-0.05, 0) is 26.2 Å². The Kier molecular flexibility index (Phi) is 5.51. The number of aryl methyl sites for hydroxylation is 1. The van der Waals surface area contributed by atoms with Crippen LogP contribution in [0.1, 0.15) is 64.1 Å². The normalized spacial score (nSPS) is 19.9. The van der Waals surface area contributed by atoms with Gasteiger partial charge in [0.25, 0.3) is 0 Å². The zero-order valence-electron chi connectivity index (χ0n) is 12.6. The molecule has 0 aliphatic heterocycles. The average molecular weight is 281 g/mol. The van der Waals surface area contributed by atoms with Crippen LogP contribution in [0.15, 0.2) is 6.20 Å². The van der Waals surface area contributed by atoms with E-state index in [2.05, 4.69) is 22.7 Å². The van der Waals surface area contributed by atoms with Crippen LogP contribution in [-0.4, -0.2) is 27.2 Å². The molecule has 1 aromatic heterocycles. The van der Waals surface area contributed by atoms with Crippen molar-refractivity contribution in [1.82, 2.24) is 20.4 Å². The van der Waals surface area contributed by atoms with Crippen molar-refractivity contribution < 1.29 is 4.74 Å². The SMILES string of the molecule is CCCn1nncc1C(NN)C1(OCC)CCCCC1. The number of hydrogen-bond acceptors (Lipinski definition) is 5. The second-order valence-corrected chi connectivity index (χ2v) is 5.54. The number of nitrogens with one attached hydrogen (secondary N) is 1. The lowest BCUT2D eigenvalue weighted by atomic mass is 9.78. The van der Waals surface area contributed by atoms with E-state index in [0.717, 1.165) is 31.5 Å². The molecule has 0 aromatic carbocycles. The van der Waals surface area contributed by atoms with Crippen LogP contribution in [0.4, 0.5) is 0 Å². The van der Waals surface area contributed by atoms with Crippen LogP contribution in [-0.2, 0) is 11.3 Å². The molecule has 0 bridgehead atoms. The van der Waals surface area contributed by atoms with Crippen LogP contribution in [0.3, 0.4) is 0 Å². The first-order valence-electron chi connectivity index (χ1n) is 7.76. The van der Waals surface area contributed by atoms with Crippen molar-refractivity contribution in [2.75, 3.05) is 6.61 Å². The van der Waals surface area contributed by atoms with Crippen molar-refractivity contribution in [3.63, 3.8) is 0 Å². The topological polar surface area (TPSA) is 78.0 Å². The lowest BCUT2D eigenvalue weighted by molar-refractivity contribution is -0.0930. The van der Waals surface area contributed by atoms with Crippen molar-refractivity contribution >= 4 is 0 Å². The predicted molar refractivity (Wildman–Crippen MR) is 77.8 cm³/mol. The maximum absolute atomic E-state index is 6.17. The summed E-state index contributed by atoms with van der Waals surface area (Å²) in [5, 5.41) is 8.23. The molecule has 1 aliphatic rings. The molecule has 3 N–H and O–H groups in total. The number of hydrazine groups is 1. The molecule has 6 nitrogen and oxygen atoms in total. The van der Waals surface area contributed by atoms with Crippen molar-refractivity contribution in [3.8, 4) is 0 Å². The molecular weight excluding hydrogens is 254 g/mol. The summed E-state index contributed by atoms with van der Waals surface area (Å²) < 4.78 is 8.11. The predicted octanol–water partition coefficient (Wildman–Crippen LogP) is 1.93. The van der Waals surface area contributed by atoms with Crippen molar-refractivity contribution in [3.05, 3.63) is 11.9 Å². The average Bonchev–Trinajstić information content (AvgIpc) is 2.90. The first-order valence-corrected chi connectivity index (χ1v) is 7.76. The summed E-state index contributed by atoms with van der Waals surface area (Å²) in [5.74, 6) is 5.88. The molecule has 1 aromatic rings. The van der Waals surface area contributed by atoms with Gasteiger partial charge in [-0.25, -0.2) is 10.1 Å². The summed E-state index contributed by atoms with van der Waals surface area (Å²) >= 11 is 0. The molecule has 1 unspecified atom stereocenters. The van der Waals surface area contributed by atoms with Crippen LogP contribution < -0.4 is 11.3 Å². The van der Waals surface area contributed by atoms with E-state index in [-0.39, 0.29) is 11.6 Å². The molecule has 20 heavy (non-hydrogen) atoms. The number of nitrogens with two attached hydrogens (primary N) is 1. The van der Waals surface area contributed by atoms with Crippen LogP contribution in [0, 0.1) is 0 Å². The van der Waals surface area contributed by atoms with Crippen LogP contribution in [0.5, 0.6) is 0 Å². The standard InChI is InChI=1S/C14H27N5O/c1-3-10-19-12(11-16-18-19)13(17-15)14(20-4-2)8-6-5-7-9-14/h11,13,17H,3-10,15H2,1-2H3. The molecule has 2 rings (SSSR count). The fourth-order valence-electron chi connectivity index (χ4n) is 3.34. The summed E-state index contributed by atoms with van der Waals surface area (Å²) in [6.45, 7) is 5.74. The van der Waals surface area contributed by atoms with Gasteiger partial charge in [-0.2, -0.15) is 0 Å². The third kappa shape index (κ3) is 3.02. The van der Waals surface area contributed by atoms with Crippen LogP contribution in [0.25, 0.3) is 0 Å². The second kappa shape index (κ2) is 7.15. The number of ether oxygens (including phenoxy) is 1. The van der Waals surface area contributed by atoms with Gasteiger partial charge in [0, 0.05) is 13.2 Å². The van der Waals surface area contributed by atoms with E-state index in [1.165, 1.54) is 19.3 Å². The number of rotatable bonds is 7. The van der Waals surface area contributed by atoms with E-state index in [1.807, 2.05) is 17.8 Å². The van der Waals surface area contributed by atoms with Gasteiger partial charge in [-0.15, -0.1) is 5.10 Å². The Balaban J connectivity index is 2.29. The van der Waals surface area contributed by atoms with Crippen molar-refractivity contribution in [2.24, 2.45) is 5.84 Å². The van der Waals surface area contributed by atoms with E-state index < -0.39 is 0 Å². The third-order valence-corrected chi connectivity index (χ3v) is 4.20. The number of nitrogens with zero attached hydrogens (tertiary/aromatic N) is 3. The van der Waals surface area contributed by atoms with Crippen LogP contribution >= 0.6 is 0 Å². The molecule has 1 fully saturated rings. The quantitative estimate of drug-likeness (QED) is 0.590. The Morgan fingerprint density at radius 2 is 2.15 bits per heavy atom. The number of aromatic nitrogens is 3. The maximum Gasteiger partial charge on any atom is 0.0934 e. The van der Waals surface area contributed by atoms with Crippen molar-refractivity contribution in [2.45, 2.75) is 70.6 Å². The van der Waals surface area contributed by atoms with Crippen molar-refractivity contribution in [1.29, 1.82) is 0 Å². The summed E-state index contributed by atoms with van der Waals surface area (Å²) in [7, 11) is 0. The highest BCUT2D eigenvalue weighted by molar-refractivity contribution is 5.11. The number of hydrogen-bond donors (Lipinski definition) is 2. The largest absolute Gasteiger partial charge is 0.373 e. The minimum atomic E-state index is -0.227. The fraction of sp³-hybridized carbons (Fsp3) is 0.857. The van der Waals surface area contributed by atoms with Gasteiger partial charge < -0.3 is 4.74 Å². The molecule has 1 atom stereocenters. The van der Waals surface area contributed by atoms with E-state index in [0.29, 0.717) is 6.61 Å². The Morgan fingerprint density at radius 3 is 2.75 bits per heavy atom. The summed E-state index contributed by atoms with van der Waals surface area (Å²) in [4.78, 5) is 0. The summed E-state index contributed by atoms with van der Waals surface area (Å²) in [6.07, 6.45) is 8.56. The van der Waals surface area contributed by atoms with Gasteiger partial charge >= 0.3 is 0 Å². The molecule has 0 saturated heterocycles. The summed E-state index contributed by atoms with van der Waals surface area (Å²) in [6, 6.07) is -0.0516. The third-order valence-electron chi connectivity index (χ3n) is 4.20. The molecule has 0 radical (unpaired) electrons. The molecule has 0 spiro atoms.